The molecule has 0 N–H and O–H groups in total. The Morgan fingerprint density at radius 3 is 2.47 bits per heavy atom. The molecule has 6 rings (SSSR count). The van der Waals surface area contributed by atoms with Crippen LogP contribution in [0.2, 0.25) is 0 Å². The molecular weight excluding hydrogens is 402 g/mol. The minimum absolute atomic E-state index is 0.0432. The molecule has 0 saturated carbocycles. The van der Waals surface area contributed by atoms with Crippen molar-refractivity contribution in [1.29, 1.82) is 0 Å². The fraction of sp³-hybridized carbons (Fsp3) is 0.115. The lowest BCUT2D eigenvalue weighted by molar-refractivity contribution is -0.384. The molecule has 0 aliphatic carbocycles. The van der Waals surface area contributed by atoms with Crippen molar-refractivity contribution in [1.82, 2.24) is 5.01 Å². The standard InChI is InChI=1S/C26H19N3O3/c30-29(31)21-13-11-18(12-14-21)26-28-24(22-7-3-4-8-25(22)32-26)16-23(27-28)20-10-9-17-5-1-2-6-19(17)15-20/h1-15,24,26H,16H2/t24-,26-/m0/s1. The van der Waals surface area contributed by atoms with Crippen LogP contribution >= 0.6 is 0 Å². The Labute approximate surface area is 184 Å². The number of fused-ring (bicyclic) bond motifs is 4. The predicted molar refractivity (Wildman–Crippen MR) is 123 cm³/mol. The zero-order chi connectivity index (χ0) is 21.7. The highest BCUT2D eigenvalue weighted by molar-refractivity contribution is 6.04. The highest BCUT2D eigenvalue weighted by Gasteiger charge is 2.40. The molecule has 2 aliphatic heterocycles. The topological polar surface area (TPSA) is 68.0 Å². The third-order valence-electron chi connectivity index (χ3n) is 6.17. The molecule has 4 aromatic rings. The molecule has 0 aromatic heterocycles. The number of nitro groups is 1. The lowest BCUT2D eigenvalue weighted by Gasteiger charge is -2.38. The van der Waals surface area contributed by atoms with Crippen molar-refractivity contribution in [2.45, 2.75) is 18.7 Å². The summed E-state index contributed by atoms with van der Waals surface area (Å²) in [6, 6.07) is 29.3. The van der Waals surface area contributed by atoms with Crippen LogP contribution in [0.1, 0.15) is 35.4 Å². The first-order valence-electron chi connectivity index (χ1n) is 10.5. The summed E-state index contributed by atoms with van der Waals surface area (Å²) >= 11 is 0. The average molecular weight is 421 g/mol. The first-order valence-corrected chi connectivity index (χ1v) is 10.5. The Balaban J connectivity index is 1.42. The molecule has 0 fully saturated rings. The van der Waals surface area contributed by atoms with E-state index in [4.69, 9.17) is 9.84 Å². The fourth-order valence-corrected chi connectivity index (χ4v) is 4.56. The van der Waals surface area contributed by atoms with Crippen LogP contribution in [0.25, 0.3) is 10.8 Å². The van der Waals surface area contributed by atoms with Gasteiger partial charge in [-0.25, -0.2) is 5.01 Å². The van der Waals surface area contributed by atoms with E-state index in [1.54, 1.807) is 12.1 Å². The van der Waals surface area contributed by atoms with Crippen LogP contribution < -0.4 is 4.74 Å². The third-order valence-corrected chi connectivity index (χ3v) is 6.17. The molecule has 0 saturated heterocycles. The van der Waals surface area contributed by atoms with Gasteiger partial charge in [-0.15, -0.1) is 0 Å². The lowest BCUT2D eigenvalue weighted by atomic mass is 9.95. The third kappa shape index (κ3) is 3.00. The van der Waals surface area contributed by atoms with Gasteiger partial charge in [-0.3, -0.25) is 10.1 Å². The highest BCUT2D eigenvalue weighted by Crippen LogP contribution is 2.47. The highest BCUT2D eigenvalue weighted by atomic mass is 16.6. The van der Waals surface area contributed by atoms with Crippen LogP contribution in [0.15, 0.2) is 96.1 Å². The van der Waals surface area contributed by atoms with Crippen molar-refractivity contribution in [2.24, 2.45) is 5.10 Å². The lowest BCUT2D eigenvalue weighted by Crippen LogP contribution is -2.33. The summed E-state index contributed by atoms with van der Waals surface area (Å²) in [6.45, 7) is 0. The first kappa shape index (κ1) is 18.6. The summed E-state index contributed by atoms with van der Waals surface area (Å²) in [6.07, 6.45) is 0.316. The number of ether oxygens (including phenoxy) is 1. The largest absolute Gasteiger partial charge is 0.464 e. The summed E-state index contributed by atoms with van der Waals surface area (Å²) in [7, 11) is 0. The number of nitro benzene ring substituents is 1. The molecular formula is C26H19N3O3. The SMILES string of the molecule is O=[N+]([O-])c1ccc([C@@H]2Oc3ccccc3[C@@H]3CC(c4ccc5ccccc5c4)=NN32)cc1. The Morgan fingerprint density at radius 1 is 0.906 bits per heavy atom. The van der Waals surface area contributed by atoms with E-state index in [-0.39, 0.29) is 11.7 Å². The molecule has 0 bridgehead atoms. The van der Waals surface area contributed by atoms with Crippen molar-refractivity contribution < 1.29 is 9.66 Å². The number of nitrogens with zero attached hydrogens (tertiary/aromatic N) is 3. The number of hydrogen-bond donors (Lipinski definition) is 0. The second-order valence-corrected chi connectivity index (χ2v) is 8.07. The molecule has 6 nitrogen and oxygen atoms in total. The summed E-state index contributed by atoms with van der Waals surface area (Å²) in [5.74, 6) is 0.826. The van der Waals surface area contributed by atoms with E-state index in [1.165, 1.54) is 22.9 Å². The molecule has 2 atom stereocenters. The molecule has 2 heterocycles. The maximum atomic E-state index is 11.1. The van der Waals surface area contributed by atoms with Gasteiger partial charge in [0.25, 0.3) is 5.69 Å². The van der Waals surface area contributed by atoms with Crippen LogP contribution in [0.4, 0.5) is 5.69 Å². The smallest absolute Gasteiger partial charge is 0.269 e. The van der Waals surface area contributed by atoms with Gasteiger partial charge in [0.05, 0.1) is 16.7 Å². The van der Waals surface area contributed by atoms with Crippen molar-refractivity contribution in [3.63, 3.8) is 0 Å². The first-order chi connectivity index (χ1) is 15.7. The minimum Gasteiger partial charge on any atom is -0.464 e. The van der Waals surface area contributed by atoms with E-state index in [1.807, 2.05) is 35.3 Å². The van der Waals surface area contributed by atoms with Crippen molar-refractivity contribution in [2.75, 3.05) is 0 Å². The van der Waals surface area contributed by atoms with E-state index in [0.29, 0.717) is 0 Å². The Morgan fingerprint density at radius 2 is 1.66 bits per heavy atom. The molecule has 4 aromatic carbocycles. The van der Waals surface area contributed by atoms with Gasteiger partial charge in [0.2, 0.25) is 6.23 Å². The fourth-order valence-electron chi connectivity index (χ4n) is 4.56. The van der Waals surface area contributed by atoms with Gasteiger partial charge in [-0.05, 0) is 40.6 Å². The summed E-state index contributed by atoms with van der Waals surface area (Å²) in [5.41, 5.74) is 4.10. The monoisotopic (exact) mass is 421 g/mol. The quantitative estimate of drug-likeness (QED) is 0.301. The molecule has 2 aliphatic rings. The van der Waals surface area contributed by atoms with Crippen molar-refractivity contribution in [3.8, 4) is 5.75 Å². The second-order valence-electron chi connectivity index (χ2n) is 8.07. The van der Waals surface area contributed by atoms with Crippen LogP contribution in [-0.2, 0) is 0 Å². The number of rotatable bonds is 3. The van der Waals surface area contributed by atoms with Gasteiger partial charge >= 0.3 is 0 Å². The van der Waals surface area contributed by atoms with Gasteiger partial charge in [0, 0.05) is 29.7 Å². The Hall–Kier alpha value is -4.19. The van der Waals surface area contributed by atoms with E-state index >= 15 is 0 Å². The van der Waals surface area contributed by atoms with Gasteiger partial charge in [0.15, 0.2) is 0 Å². The zero-order valence-electron chi connectivity index (χ0n) is 17.1. The van der Waals surface area contributed by atoms with E-state index in [0.717, 1.165) is 34.6 Å². The molecule has 156 valence electrons. The molecule has 0 amide bonds. The summed E-state index contributed by atoms with van der Waals surface area (Å²) in [5, 5.41) is 20.4. The maximum Gasteiger partial charge on any atom is 0.269 e. The minimum atomic E-state index is -0.450. The van der Waals surface area contributed by atoms with Crippen molar-refractivity contribution in [3.05, 3.63) is 118 Å². The molecule has 6 heteroatoms. The maximum absolute atomic E-state index is 11.1. The van der Waals surface area contributed by atoms with Gasteiger partial charge in [-0.1, -0.05) is 54.6 Å². The summed E-state index contributed by atoms with van der Waals surface area (Å²) in [4.78, 5) is 10.7. The number of hydrogen-bond acceptors (Lipinski definition) is 5. The van der Waals surface area contributed by atoms with Gasteiger partial charge in [0.1, 0.15) is 5.75 Å². The molecule has 0 radical (unpaired) electrons. The van der Waals surface area contributed by atoms with Crippen LogP contribution in [0.3, 0.4) is 0 Å². The molecule has 32 heavy (non-hydrogen) atoms. The average Bonchev–Trinajstić information content (AvgIpc) is 3.29. The zero-order valence-corrected chi connectivity index (χ0v) is 17.1. The van der Waals surface area contributed by atoms with E-state index in [9.17, 15) is 10.1 Å². The van der Waals surface area contributed by atoms with Gasteiger partial charge < -0.3 is 4.74 Å². The molecule has 0 spiro atoms. The van der Waals surface area contributed by atoms with Crippen LogP contribution in [-0.4, -0.2) is 15.6 Å². The second kappa shape index (κ2) is 7.20. The number of para-hydroxylation sites is 1. The normalized spacial score (nSPS) is 19.1. The van der Waals surface area contributed by atoms with Crippen LogP contribution in [0.5, 0.6) is 5.75 Å². The predicted octanol–water partition coefficient (Wildman–Crippen LogP) is 5.99. The number of non-ortho nitro benzene ring substituents is 1. The number of benzene rings is 4. The number of hydrazone groups is 1. The van der Waals surface area contributed by atoms with Crippen molar-refractivity contribution >= 4 is 22.2 Å². The summed E-state index contributed by atoms with van der Waals surface area (Å²) < 4.78 is 6.34. The van der Waals surface area contributed by atoms with E-state index < -0.39 is 11.2 Å². The van der Waals surface area contributed by atoms with Crippen LogP contribution in [0, 0.1) is 10.1 Å². The van der Waals surface area contributed by atoms with Gasteiger partial charge in [-0.2, -0.15) is 5.10 Å². The van der Waals surface area contributed by atoms with E-state index in [2.05, 4.69) is 36.4 Å². The Kier molecular flexibility index (Phi) is 4.18. The molecule has 0 unspecified atom stereocenters. The Bertz CT molecular complexity index is 1380.